The van der Waals surface area contributed by atoms with E-state index in [1.54, 1.807) is 19.1 Å². The van der Waals surface area contributed by atoms with E-state index in [0.29, 0.717) is 17.6 Å². The Balaban J connectivity index is 1.82. The van der Waals surface area contributed by atoms with Crippen LogP contribution in [0.25, 0.3) is 22.0 Å². The minimum atomic E-state index is -4.54. The fraction of sp³-hybridized carbons (Fsp3) is 0.200. The van der Waals surface area contributed by atoms with Gasteiger partial charge in [-0.25, -0.2) is 4.79 Å². The maximum absolute atomic E-state index is 13.3. The van der Waals surface area contributed by atoms with Crippen LogP contribution in [-0.2, 0) is 10.9 Å². The van der Waals surface area contributed by atoms with Crippen molar-refractivity contribution in [3.63, 3.8) is 0 Å². The molecule has 4 rings (SSSR count). The van der Waals surface area contributed by atoms with E-state index in [1.807, 2.05) is 0 Å². The Bertz CT molecular complexity index is 1140. The first-order valence-electron chi connectivity index (χ1n) is 8.56. The SMILES string of the molecule is C[C@H]1CN(c2ccc3cc(-c4ccccc4C(F)(F)F)[nH]c(=O)c3c2)C(=O)O1. The zero-order valence-corrected chi connectivity index (χ0v) is 14.7. The molecule has 1 N–H and O–H groups in total. The number of nitrogens with one attached hydrogen (secondary N) is 1. The van der Waals surface area contributed by atoms with E-state index in [1.165, 1.54) is 35.2 Å². The van der Waals surface area contributed by atoms with Gasteiger partial charge in [-0.2, -0.15) is 13.2 Å². The van der Waals surface area contributed by atoms with Crippen molar-refractivity contribution in [2.24, 2.45) is 0 Å². The molecule has 0 unspecified atom stereocenters. The van der Waals surface area contributed by atoms with Gasteiger partial charge in [0.1, 0.15) is 6.10 Å². The Kier molecular flexibility index (Phi) is 4.14. The van der Waals surface area contributed by atoms with Crippen LogP contribution in [-0.4, -0.2) is 23.7 Å². The summed E-state index contributed by atoms with van der Waals surface area (Å²) in [6.45, 7) is 2.12. The summed E-state index contributed by atoms with van der Waals surface area (Å²) >= 11 is 0. The van der Waals surface area contributed by atoms with Gasteiger partial charge in [0.15, 0.2) is 0 Å². The number of carbonyl (C=O) groups is 1. The molecular weight excluding hydrogens is 373 g/mol. The van der Waals surface area contributed by atoms with Gasteiger partial charge in [0.25, 0.3) is 5.56 Å². The molecule has 0 aliphatic carbocycles. The molecule has 144 valence electrons. The number of benzene rings is 2. The van der Waals surface area contributed by atoms with E-state index in [-0.39, 0.29) is 22.7 Å². The first-order valence-corrected chi connectivity index (χ1v) is 8.56. The lowest BCUT2D eigenvalue weighted by Crippen LogP contribution is -2.24. The Morgan fingerprint density at radius 1 is 1.11 bits per heavy atom. The number of hydrogen-bond donors (Lipinski definition) is 1. The molecule has 3 aromatic rings. The van der Waals surface area contributed by atoms with Gasteiger partial charge in [-0.1, -0.05) is 24.3 Å². The number of amides is 1. The number of aromatic nitrogens is 1. The average Bonchev–Trinajstić information content (AvgIpc) is 2.99. The van der Waals surface area contributed by atoms with E-state index in [9.17, 15) is 22.8 Å². The number of alkyl halides is 3. The van der Waals surface area contributed by atoms with Crippen molar-refractivity contribution in [3.8, 4) is 11.3 Å². The molecule has 8 heteroatoms. The summed E-state index contributed by atoms with van der Waals surface area (Å²) in [6.07, 6.45) is -5.30. The highest BCUT2D eigenvalue weighted by molar-refractivity contribution is 5.94. The number of hydrogen-bond acceptors (Lipinski definition) is 3. The van der Waals surface area contributed by atoms with E-state index < -0.39 is 23.4 Å². The summed E-state index contributed by atoms with van der Waals surface area (Å²) < 4.78 is 45.0. The fourth-order valence-corrected chi connectivity index (χ4v) is 3.34. The molecule has 2 aromatic carbocycles. The van der Waals surface area contributed by atoms with Crippen molar-refractivity contribution in [1.82, 2.24) is 4.98 Å². The van der Waals surface area contributed by atoms with Crippen LogP contribution in [0.3, 0.4) is 0 Å². The van der Waals surface area contributed by atoms with Gasteiger partial charge in [-0.05, 0) is 36.6 Å². The van der Waals surface area contributed by atoms with Crippen molar-refractivity contribution in [2.45, 2.75) is 19.2 Å². The van der Waals surface area contributed by atoms with E-state index in [4.69, 9.17) is 4.74 Å². The molecule has 1 aliphatic rings. The molecule has 1 aromatic heterocycles. The number of pyridine rings is 1. The highest BCUT2D eigenvalue weighted by atomic mass is 19.4. The molecule has 1 amide bonds. The van der Waals surface area contributed by atoms with Crippen molar-refractivity contribution in [2.75, 3.05) is 11.4 Å². The second-order valence-corrected chi connectivity index (χ2v) is 6.63. The number of ether oxygens (including phenoxy) is 1. The lowest BCUT2D eigenvalue weighted by atomic mass is 10.0. The zero-order valence-electron chi connectivity index (χ0n) is 14.7. The number of carbonyl (C=O) groups excluding carboxylic acids is 1. The number of cyclic esters (lactones) is 1. The van der Waals surface area contributed by atoms with Gasteiger partial charge in [0.2, 0.25) is 0 Å². The minimum absolute atomic E-state index is 0.0763. The highest BCUT2D eigenvalue weighted by Gasteiger charge is 2.34. The number of fused-ring (bicyclic) bond motifs is 1. The lowest BCUT2D eigenvalue weighted by Gasteiger charge is -2.15. The molecule has 0 radical (unpaired) electrons. The summed E-state index contributed by atoms with van der Waals surface area (Å²) in [5.74, 6) is 0. The smallest absolute Gasteiger partial charge is 0.417 e. The van der Waals surface area contributed by atoms with Gasteiger partial charge in [-0.15, -0.1) is 0 Å². The number of rotatable bonds is 2. The van der Waals surface area contributed by atoms with Gasteiger partial charge < -0.3 is 9.72 Å². The predicted molar refractivity (Wildman–Crippen MR) is 98.3 cm³/mol. The highest BCUT2D eigenvalue weighted by Crippen LogP contribution is 2.36. The summed E-state index contributed by atoms with van der Waals surface area (Å²) in [4.78, 5) is 28.4. The van der Waals surface area contributed by atoms with Gasteiger partial charge in [0.05, 0.1) is 12.1 Å². The number of H-pyrrole nitrogens is 1. The Morgan fingerprint density at radius 2 is 1.86 bits per heavy atom. The topological polar surface area (TPSA) is 62.4 Å². The van der Waals surface area contributed by atoms with Crippen molar-refractivity contribution >= 4 is 22.6 Å². The van der Waals surface area contributed by atoms with Crippen LogP contribution in [0.2, 0.25) is 0 Å². The van der Waals surface area contributed by atoms with Crippen LogP contribution in [0.15, 0.2) is 53.3 Å². The van der Waals surface area contributed by atoms with Crippen LogP contribution in [0, 0.1) is 0 Å². The van der Waals surface area contributed by atoms with Crippen LogP contribution < -0.4 is 10.5 Å². The largest absolute Gasteiger partial charge is 0.444 e. The summed E-state index contributed by atoms with van der Waals surface area (Å²) in [7, 11) is 0. The second-order valence-electron chi connectivity index (χ2n) is 6.63. The monoisotopic (exact) mass is 388 g/mol. The number of aromatic amines is 1. The molecule has 0 spiro atoms. The Hall–Kier alpha value is -3.29. The second kappa shape index (κ2) is 6.40. The molecule has 1 aliphatic heterocycles. The predicted octanol–water partition coefficient (Wildman–Crippen LogP) is 4.56. The van der Waals surface area contributed by atoms with Gasteiger partial charge in [-0.3, -0.25) is 9.69 Å². The van der Waals surface area contributed by atoms with Crippen LogP contribution in [0.5, 0.6) is 0 Å². The third kappa shape index (κ3) is 3.11. The standard InChI is InChI=1S/C20H15F3N2O3/c1-11-10-25(19(27)28-11)13-7-6-12-8-17(24-18(26)15(12)9-13)14-4-2-3-5-16(14)20(21,22)23/h2-9,11H,10H2,1H3,(H,24,26)/t11-/m0/s1. The molecule has 1 saturated heterocycles. The first-order chi connectivity index (χ1) is 13.2. The zero-order chi connectivity index (χ0) is 20.1. The molecule has 1 atom stereocenters. The molecule has 0 bridgehead atoms. The first kappa shape index (κ1) is 18.1. The third-order valence-electron chi connectivity index (χ3n) is 4.63. The molecule has 28 heavy (non-hydrogen) atoms. The van der Waals surface area contributed by atoms with Crippen LogP contribution in [0.4, 0.5) is 23.7 Å². The number of nitrogens with zero attached hydrogens (tertiary/aromatic N) is 1. The molecular formula is C20H15F3N2O3. The van der Waals surface area contributed by atoms with Crippen molar-refractivity contribution in [3.05, 3.63) is 64.4 Å². The quantitative estimate of drug-likeness (QED) is 0.700. The summed E-state index contributed by atoms with van der Waals surface area (Å²) in [5, 5.41) is 0.748. The summed E-state index contributed by atoms with van der Waals surface area (Å²) in [6, 6.07) is 11.3. The van der Waals surface area contributed by atoms with Gasteiger partial charge >= 0.3 is 12.3 Å². The van der Waals surface area contributed by atoms with Crippen LogP contribution in [0.1, 0.15) is 12.5 Å². The normalized spacial score (nSPS) is 17.2. The Morgan fingerprint density at radius 3 is 2.54 bits per heavy atom. The minimum Gasteiger partial charge on any atom is -0.444 e. The molecule has 1 fully saturated rings. The van der Waals surface area contributed by atoms with E-state index in [0.717, 1.165) is 6.07 Å². The summed E-state index contributed by atoms with van der Waals surface area (Å²) in [5.41, 5.74) is -0.888. The number of halogens is 3. The maximum Gasteiger partial charge on any atom is 0.417 e. The van der Waals surface area contributed by atoms with E-state index >= 15 is 0 Å². The number of anilines is 1. The molecule has 2 heterocycles. The third-order valence-corrected chi connectivity index (χ3v) is 4.63. The molecule has 0 saturated carbocycles. The van der Waals surface area contributed by atoms with E-state index in [2.05, 4.69) is 4.98 Å². The lowest BCUT2D eigenvalue weighted by molar-refractivity contribution is -0.137. The van der Waals surface area contributed by atoms with Gasteiger partial charge in [0, 0.05) is 22.3 Å². The van der Waals surface area contributed by atoms with Crippen molar-refractivity contribution in [1.29, 1.82) is 0 Å². The fourth-order valence-electron chi connectivity index (χ4n) is 3.34. The van der Waals surface area contributed by atoms with Crippen LogP contribution >= 0.6 is 0 Å². The maximum atomic E-state index is 13.3. The Labute approximate surface area is 157 Å². The average molecular weight is 388 g/mol. The molecule has 5 nitrogen and oxygen atoms in total. The van der Waals surface area contributed by atoms with Crippen molar-refractivity contribution < 1.29 is 22.7 Å².